The SMILES string of the molecule is COCCCCC1(CNC(=O)[C@H]2C[C@@H](C(=O)NCCc3ccccc3)CN(C(=O)OC(C)(C)C)C2)c2ccccc2Oc2ccccc21. The van der Waals surface area contributed by atoms with Gasteiger partial charge >= 0.3 is 6.09 Å². The van der Waals surface area contributed by atoms with Crippen molar-refractivity contribution in [3.63, 3.8) is 0 Å². The van der Waals surface area contributed by atoms with Crippen LogP contribution in [0, 0.1) is 11.8 Å². The number of carbonyl (C=O) groups excluding carboxylic acids is 3. The van der Waals surface area contributed by atoms with Crippen LogP contribution in [0.4, 0.5) is 4.79 Å². The predicted octanol–water partition coefficient (Wildman–Crippen LogP) is 6.24. The Morgan fingerprint density at radius 3 is 2.02 bits per heavy atom. The van der Waals surface area contributed by atoms with E-state index in [2.05, 4.69) is 22.8 Å². The number of methoxy groups -OCH3 is 1. The van der Waals surface area contributed by atoms with Crippen molar-refractivity contribution in [2.75, 3.05) is 39.9 Å². The van der Waals surface area contributed by atoms with Crippen LogP contribution in [-0.2, 0) is 30.9 Å². The molecular weight excluding hydrogens is 606 g/mol. The standard InChI is InChI=1S/C39H49N3O6/c1-38(2,3)48-37(45)42-25-29(35(43)40-22-20-28-14-6-5-7-15-28)24-30(26-42)36(44)41-27-39(21-12-13-23-46-4)31-16-8-10-18-33(31)47-34-19-11-9-17-32(34)39/h5-11,14-19,29-30H,12-13,20-27H2,1-4H3,(H,40,43)(H,41,44)/t29-,30+/m1/s1. The molecule has 9 nitrogen and oxygen atoms in total. The van der Waals surface area contributed by atoms with Gasteiger partial charge in [-0.25, -0.2) is 4.79 Å². The number of unbranched alkanes of at least 4 members (excludes halogenated alkanes) is 1. The molecule has 3 aromatic carbocycles. The van der Waals surface area contributed by atoms with Gasteiger partial charge in [0.25, 0.3) is 0 Å². The van der Waals surface area contributed by atoms with E-state index in [1.165, 1.54) is 4.90 Å². The van der Waals surface area contributed by atoms with Crippen molar-refractivity contribution in [2.24, 2.45) is 11.8 Å². The van der Waals surface area contributed by atoms with Crippen molar-refractivity contribution >= 4 is 17.9 Å². The van der Waals surface area contributed by atoms with Crippen LogP contribution in [0.15, 0.2) is 78.9 Å². The van der Waals surface area contributed by atoms with Crippen LogP contribution in [0.2, 0.25) is 0 Å². The average molecular weight is 656 g/mol. The molecule has 0 aliphatic carbocycles. The lowest BCUT2D eigenvalue weighted by Gasteiger charge is -2.41. The summed E-state index contributed by atoms with van der Waals surface area (Å²) in [6.07, 6.45) is 3.04. The molecule has 3 aromatic rings. The second-order valence-corrected chi connectivity index (χ2v) is 13.9. The highest BCUT2D eigenvalue weighted by Gasteiger charge is 2.43. The van der Waals surface area contributed by atoms with Gasteiger partial charge in [0.2, 0.25) is 11.8 Å². The molecule has 256 valence electrons. The molecule has 1 saturated heterocycles. The first-order valence-electron chi connectivity index (χ1n) is 17.0. The van der Waals surface area contributed by atoms with Gasteiger partial charge in [-0.1, -0.05) is 66.7 Å². The van der Waals surface area contributed by atoms with Crippen molar-refractivity contribution in [1.82, 2.24) is 15.5 Å². The number of hydrogen-bond donors (Lipinski definition) is 2. The summed E-state index contributed by atoms with van der Waals surface area (Å²) in [6, 6.07) is 26.0. The first-order chi connectivity index (χ1) is 23.1. The van der Waals surface area contributed by atoms with Crippen LogP contribution < -0.4 is 15.4 Å². The Hall–Kier alpha value is -4.37. The van der Waals surface area contributed by atoms with Crippen molar-refractivity contribution in [3.05, 3.63) is 95.6 Å². The highest BCUT2D eigenvalue weighted by Crippen LogP contribution is 2.50. The number of benzene rings is 3. The number of fused-ring (bicyclic) bond motifs is 2. The molecular formula is C39H49N3O6. The summed E-state index contributed by atoms with van der Waals surface area (Å²) in [5.41, 5.74) is 1.93. The Bertz CT molecular complexity index is 1510. The average Bonchev–Trinajstić information content (AvgIpc) is 3.08. The third-order valence-electron chi connectivity index (χ3n) is 9.19. The first-order valence-corrected chi connectivity index (χ1v) is 17.0. The summed E-state index contributed by atoms with van der Waals surface area (Å²) in [5.74, 6) is 0.0516. The van der Waals surface area contributed by atoms with Crippen molar-refractivity contribution in [2.45, 2.75) is 63.9 Å². The molecule has 2 aliphatic rings. The lowest BCUT2D eigenvalue weighted by atomic mass is 9.69. The normalized spacial score (nSPS) is 18.1. The number of nitrogens with one attached hydrogen (secondary N) is 2. The molecule has 0 aromatic heterocycles. The van der Waals surface area contributed by atoms with E-state index >= 15 is 0 Å². The fourth-order valence-electron chi connectivity index (χ4n) is 6.84. The van der Waals surface area contributed by atoms with E-state index in [9.17, 15) is 14.4 Å². The Morgan fingerprint density at radius 2 is 1.42 bits per heavy atom. The largest absolute Gasteiger partial charge is 0.457 e. The quantitative estimate of drug-likeness (QED) is 0.224. The van der Waals surface area contributed by atoms with Crippen molar-refractivity contribution in [1.29, 1.82) is 0 Å². The molecule has 3 amide bonds. The van der Waals surface area contributed by atoms with E-state index < -0.39 is 28.9 Å². The van der Waals surface area contributed by atoms with Gasteiger partial charge in [0.05, 0.1) is 11.8 Å². The van der Waals surface area contributed by atoms with Crippen LogP contribution in [0.3, 0.4) is 0 Å². The Labute approximate surface area is 284 Å². The van der Waals surface area contributed by atoms with Gasteiger partial charge in [0.1, 0.15) is 17.1 Å². The van der Waals surface area contributed by atoms with E-state index in [0.29, 0.717) is 32.5 Å². The highest BCUT2D eigenvalue weighted by molar-refractivity contribution is 5.84. The van der Waals surface area contributed by atoms with Gasteiger partial charge in [-0.2, -0.15) is 0 Å². The Morgan fingerprint density at radius 1 is 0.833 bits per heavy atom. The van der Waals surface area contributed by atoms with Gasteiger partial charge < -0.3 is 29.7 Å². The van der Waals surface area contributed by atoms with Gasteiger partial charge in [-0.15, -0.1) is 0 Å². The molecule has 9 heteroatoms. The zero-order valence-corrected chi connectivity index (χ0v) is 28.6. The van der Waals surface area contributed by atoms with E-state index in [1.54, 1.807) is 7.11 Å². The van der Waals surface area contributed by atoms with Crippen LogP contribution in [0.1, 0.15) is 63.1 Å². The highest BCUT2D eigenvalue weighted by atomic mass is 16.6. The summed E-state index contributed by atoms with van der Waals surface area (Å²) in [4.78, 5) is 42.4. The fraction of sp³-hybridized carbons (Fsp3) is 0.462. The molecule has 0 unspecified atom stereocenters. The third kappa shape index (κ3) is 8.55. The molecule has 2 atom stereocenters. The van der Waals surface area contributed by atoms with Crippen LogP contribution in [0.5, 0.6) is 11.5 Å². The van der Waals surface area contributed by atoms with Gasteiger partial charge in [-0.05, 0) is 70.6 Å². The van der Waals surface area contributed by atoms with Crippen LogP contribution >= 0.6 is 0 Å². The Kier molecular flexibility index (Phi) is 11.4. The summed E-state index contributed by atoms with van der Waals surface area (Å²) < 4.78 is 17.4. The van der Waals surface area contributed by atoms with E-state index in [-0.39, 0.29) is 24.9 Å². The number of amides is 3. The van der Waals surface area contributed by atoms with Crippen LogP contribution in [0.25, 0.3) is 0 Å². The zero-order chi connectivity index (χ0) is 34.1. The molecule has 2 aliphatic heterocycles. The molecule has 0 saturated carbocycles. The zero-order valence-electron chi connectivity index (χ0n) is 28.6. The molecule has 2 N–H and O–H groups in total. The molecule has 48 heavy (non-hydrogen) atoms. The minimum atomic E-state index is -0.710. The summed E-state index contributed by atoms with van der Waals surface area (Å²) in [5, 5.41) is 6.32. The number of rotatable bonds is 12. The topological polar surface area (TPSA) is 106 Å². The minimum absolute atomic E-state index is 0.168. The number of likely N-dealkylation sites (tertiary alicyclic amines) is 1. The molecule has 0 bridgehead atoms. The van der Waals surface area contributed by atoms with E-state index in [0.717, 1.165) is 47.5 Å². The molecule has 0 spiro atoms. The molecule has 5 rings (SSSR count). The summed E-state index contributed by atoms with van der Waals surface area (Å²) in [7, 11) is 1.70. The van der Waals surface area contributed by atoms with E-state index in [1.807, 2.05) is 87.5 Å². The second-order valence-electron chi connectivity index (χ2n) is 13.9. The number of hydrogen-bond acceptors (Lipinski definition) is 6. The smallest absolute Gasteiger partial charge is 0.410 e. The maximum absolute atomic E-state index is 14.1. The number of para-hydroxylation sites is 2. The third-order valence-corrected chi connectivity index (χ3v) is 9.19. The lowest BCUT2D eigenvalue weighted by molar-refractivity contribution is -0.131. The number of nitrogens with zero attached hydrogens (tertiary/aromatic N) is 1. The van der Waals surface area contributed by atoms with Crippen molar-refractivity contribution < 1.29 is 28.6 Å². The van der Waals surface area contributed by atoms with Crippen LogP contribution in [-0.4, -0.2) is 68.3 Å². The van der Waals surface area contributed by atoms with E-state index in [4.69, 9.17) is 14.2 Å². The Balaban J connectivity index is 1.36. The maximum Gasteiger partial charge on any atom is 0.410 e. The first kappa shape index (κ1) is 35.0. The summed E-state index contributed by atoms with van der Waals surface area (Å²) in [6.45, 7) is 7.25. The fourth-order valence-corrected chi connectivity index (χ4v) is 6.84. The minimum Gasteiger partial charge on any atom is -0.457 e. The number of piperidine rings is 1. The number of carbonyl (C=O) groups is 3. The number of ether oxygens (including phenoxy) is 3. The van der Waals surface area contributed by atoms with Gasteiger partial charge in [0, 0.05) is 56.4 Å². The van der Waals surface area contributed by atoms with Crippen molar-refractivity contribution in [3.8, 4) is 11.5 Å². The monoisotopic (exact) mass is 655 g/mol. The lowest BCUT2D eigenvalue weighted by Crippen LogP contribution is -2.54. The summed E-state index contributed by atoms with van der Waals surface area (Å²) >= 11 is 0. The molecule has 0 radical (unpaired) electrons. The second kappa shape index (κ2) is 15.7. The molecule has 2 heterocycles. The predicted molar refractivity (Wildman–Crippen MR) is 185 cm³/mol. The van der Waals surface area contributed by atoms with Gasteiger partial charge in [-0.3, -0.25) is 9.59 Å². The molecule has 1 fully saturated rings. The van der Waals surface area contributed by atoms with Gasteiger partial charge in [0.15, 0.2) is 0 Å². The maximum atomic E-state index is 14.1.